The Balaban J connectivity index is 2.02. The van der Waals surface area contributed by atoms with Gasteiger partial charge in [0.15, 0.2) is 0 Å². The normalized spacial score (nSPS) is 10.9. The van der Waals surface area contributed by atoms with Crippen molar-refractivity contribution in [3.05, 3.63) is 84.5 Å². The van der Waals surface area contributed by atoms with Crippen LogP contribution in [0.5, 0.6) is 11.5 Å². The van der Waals surface area contributed by atoms with Gasteiger partial charge in [0.1, 0.15) is 29.7 Å². The number of phenols is 1. The molecule has 0 unspecified atom stereocenters. The van der Waals surface area contributed by atoms with Crippen molar-refractivity contribution in [3.63, 3.8) is 0 Å². The number of carbonyl (C=O) groups is 1. The van der Waals surface area contributed by atoms with Crippen molar-refractivity contribution in [2.45, 2.75) is 0 Å². The van der Waals surface area contributed by atoms with E-state index in [2.05, 4.69) is 11.9 Å². The summed E-state index contributed by atoms with van der Waals surface area (Å²) < 4.78 is 5.72. The topological polar surface area (TPSA) is 82.3 Å². The number of rotatable bonds is 6. The van der Waals surface area contributed by atoms with E-state index in [1.807, 2.05) is 42.5 Å². The summed E-state index contributed by atoms with van der Waals surface area (Å²) in [7, 11) is 0. The molecule has 0 saturated heterocycles. The molecule has 0 saturated carbocycles. The molecule has 0 atom stereocenters. The molecular formula is C23H18N2O3. The maximum absolute atomic E-state index is 12.6. The quantitative estimate of drug-likeness (QED) is 0.286. The van der Waals surface area contributed by atoms with Crippen LogP contribution in [0.25, 0.3) is 16.8 Å². The van der Waals surface area contributed by atoms with E-state index < -0.39 is 5.91 Å². The molecule has 2 N–H and O–H groups in total. The monoisotopic (exact) mass is 370 g/mol. The van der Waals surface area contributed by atoms with Crippen LogP contribution < -0.4 is 10.1 Å². The molecule has 0 fully saturated rings. The molecule has 0 heterocycles. The van der Waals surface area contributed by atoms with Crippen LogP contribution in [0.15, 0.2) is 78.9 Å². The molecule has 138 valence electrons. The summed E-state index contributed by atoms with van der Waals surface area (Å²) in [6.45, 7) is 3.96. The molecule has 3 aromatic rings. The Hall–Kier alpha value is -4.04. The zero-order valence-electron chi connectivity index (χ0n) is 15.1. The van der Waals surface area contributed by atoms with Crippen molar-refractivity contribution < 1.29 is 14.6 Å². The van der Waals surface area contributed by atoms with Gasteiger partial charge in [0.2, 0.25) is 0 Å². The average Bonchev–Trinajstić information content (AvgIpc) is 2.72. The van der Waals surface area contributed by atoms with Gasteiger partial charge in [-0.15, -0.1) is 0 Å². The lowest BCUT2D eigenvalue weighted by Gasteiger charge is -2.11. The minimum atomic E-state index is -0.546. The number of amides is 1. The van der Waals surface area contributed by atoms with Crippen LogP contribution in [-0.4, -0.2) is 17.6 Å². The summed E-state index contributed by atoms with van der Waals surface area (Å²) >= 11 is 0. The molecule has 5 heteroatoms. The number of ether oxygens (including phenoxy) is 1. The van der Waals surface area contributed by atoms with Gasteiger partial charge in [-0.2, -0.15) is 5.26 Å². The number of fused-ring (bicyclic) bond motifs is 1. The summed E-state index contributed by atoms with van der Waals surface area (Å²) in [6, 6.07) is 19.4. The largest absolute Gasteiger partial charge is 0.508 e. The maximum atomic E-state index is 12.6. The second-order valence-electron chi connectivity index (χ2n) is 5.97. The Labute approximate surface area is 162 Å². The predicted octanol–water partition coefficient (Wildman–Crippen LogP) is 4.66. The molecule has 0 aliphatic rings. The van der Waals surface area contributed by atoms with E-state index in [0.29, 0.717) is 23.6 Å². The first kappa shape index (κ1) is 18.7. The molecule has 0 radical (unpaired) electrons. The SMILES string of the molecule is C=CCOc1ccc2ccccc2c1/C=C(\C#N)C(=O)Nc1ccc(O)cc1. The van der Waals surface area contributed by atoms with E-state index in [4.69, 9.17) is 4.74 Å². The van der Waals surface area contributed by atoms with Crippen LogP contribution >= 0.6 is 0 Å². The van der Waals surface area contributed by atoms with Crippen molar-refractivity contribution in [2.75, 3.05) is 11.9 Å². The third-order valence-electron chi connectivity index (χ3n) is 4.07. The lowest BCUT2D eigenvalue weighted by atomic mass is 10.0. The minimum absolute atomic E-state index is 0.0621. The zero-order chi connectivity index (χ0) is 19.9. The average molecular weight is 370 g/mol. The van der Waals surface area contributed by atoms with Crippen LogP contribution in [0.1, 0.15) is 5.56 Å². The molecule has 1 amide bonds. The maximum Gasteiger partial charge on any atom is 0.266 e. The van der Waals surface area contributed by atoms with Crippen LogP contribution in [0.3, 0.4) is 0 Å². The number of phenolic OH excluding ortho intramolecular Hbond substituents is 1. The molecule has 0 aromatic heterocycles. The van der Waals surface area contributed by atoms with Crippen LogP contribution in [0, 0.1) is 11.3 Å². The summed E-state index contributed by atoms with van der Waals surface area (Å²) in [5, 5.41) is 23.4. The van der Waals surface area contributed by atoms with E-state index >= 15 is 0 Å². The number of carbonyl (C=O) groups excluding carboxylic acids is 1. The first-order valence-corrected chi connectivity index (χ1v) is 8.60. The molecule has 5 nitrogen and oxygen atoms in total. The Bertz CT molecular complexity index is 1090. The van der Waals surface area contributed by atoms with Gasteiger partial charge in [-0.25, -0.2) is 0 Å². The Morgan fingerprint density at radius 2 is 1.89 bits per heavy atom. The Morgan fingerprint density at radius 1 is 1.14 bits per heavy atom. The van der Waals surface area contributed by atoms with Gasteiger partial charge in [-0.05, 0) is 47.2 Å². The highest BCUT2D eigenvalue weighted by Crippen LogP contribution is 2.30. The number of hydrogen-bond acceptors (Lipinski definition) is 4. The van der Waals surface area contributed by atoms with Gasteiger partial charge < -0.3 is 15.2 Å². The molecule has 0 aliphatic carbocycles. The van der Waals surface area contributed by atoms with E-state index in [9.17, 15) is 15.2 Å². The van der Waals surface area contributed by atoms with Crippen LogP contribution in [-0.2, 0) is 4.79 Å². The second kappa shape index (κ2) is 8.56. The van der Waals surface area contributed by atoms with Crippen molar-refractivity contribution in [3.8, 4) is 17.6 Å². The van der Waals surface area contributed by atoms with Crippen molar-refractivity contribution >= 4 is 28.4 Å². The van der Waals surface area contributed by atoms with E-state index in [0.717, 1.165) is 10.8 Å². The first-order chi connectivity index (χ1) is 13.6. The van der Waals surface area contributed by atoms with Crippen LogP contribution in [0.4, 0.5) is 5.69 Å². The molecule has 3 aromatic carbocycles. The van der Waals surface area contributed by atoms with E-state index in [1.165, 1.54) is 18.2 Å². The van der Waals surface area contributed by atoms with Gasteiger partial charge >= 0.3 is 0 Å². The lowest BCUT2D eigenvalue weighted by Crippen LogP contribution is -2.13. The predicted molar refractivity (Wildman–Crippen MR) is 110 cm³/mol. The number of aromatic hydroxyl groups is 1. The van der Waals surface area contributed by atoms with Crippen molar-refractivity contribution in [2.24, 2.45) is 0 Å². The summed E-state index contributed by atoms with van der Waals surface area (Å²) in [5.41, 5.74) is 1.07. The first-order valence-electron chi connectivity index (χ1n) is 8.60. The summed E-state index contributed by atoms with van der Waals surface area (Å²) in [6.07, 6.45) is 3.15. The molecule has 3 rings (SSSR count). The minimum Gasteiger partial charge on any atom is -0.508 e. The highest BCUT2D eigenvalue weighted by Gasteiger charge is 2.13. The van der Waals surface area contributed by atoms with Crippen molar-refractivity contribution in [1.29, 1.82) is 5.26 Å². The standard InChI is InChI=1S/C23H18N2O3/c1-2-13-28-22-12-7-16-5-3-4-6-20(16)21(22)14-17(15-24)23(27)25-18-8-10-19(26)11-9-18/h2-12,14,26H,1,13H2,(H,25,27)/b17-14+. The molecule has 0 aliphatic heterocycles. The summed E-state index contributed by atoms with van der Waals surface area (Å²) in [5.74, 6) is 0.105. The molecule has 0 bridgehead atoms. The Morgan fingerprint density at radius 3 is 2.61 bits per heavy atom. The fraction of sp³-hybridized carbons (Fsp3) is 0.0435. The number of hydrogen-bond donors (Lipinski definition) is 2. The fourth-order valence-electron chi connectivity index (χ4n) is 2.74. The van der Waals surface area contributed by atoms with Crippen molar-refractivity contribution in [1.82, 2.24) is 0 Å². The van der Waals surface area contributed by atoms with E-state index in [1.54, 1.807) is 18.2 Å². The molecule has 28 heavy (non-hydrogen) atoms. The molecule has 0 spiro atoms. The highest BCUT2D eigenvalue weighted by atomic mass is 16.5. The van der Waals surface area contributed by atoms with Gasteiger partial charge in [-0.3, -0.25) is 4.79 Å². The number of benzene rings is 3. The number of anilines is 1. The van der Waals surface area contributed by atoms with E-state index in [-0.39, 0.29) is 11.3 Å². The lowest BCUT2D eigenvalue weighted by molar-refractivity contribution is -0.112. The van der Waals surface area contributed by atoms with Crippen LogP contribution in [0.2, 0.25) is 0 Å². The van der Waals surface area contributed by atoms with Gasteiger partial charge in [0, 0.05) is 11.3 Å². The number of nitrogens with zero attached hydrogens (tertiary/aromatic N) is 1. The van der Waals surface area contributed by atoms with Gasteiger partial charge in [0.25, 0.3) is 5.91 Å². The second-order valence-corrected chi connectivity index (χ2v) is 5.97. The van der Waals surface area contributed by atoms with Gasteiger partial charge in [-0.1, -0.05) is 43.0 Å². The third kappa shape index (κ3) is 4.19. The van der Waals surface area contributed by atoms with Gasteiger partial charge in [0.05, 0.1) is 0 Å². The third-order valence-corrected chi connectivity index (χ3v) is 4.07. The highest BCUT2D eigenvalue weighted by molar-refractivity contribution is 6.11. The number of nitrogens with one attached hydrogen (secondary N) is 1. The zero-order valence-corrected chi connectivity index (χ0v) is 15.1. The smallest absolute Gasteiger partial charge is 0.266 e. The summed E-state index contributed by atoms with van der Waals surface area (Å²) in [4.78, 5) is 12.6. The fourth-order valence-corrected chi connectivity index (χ4v) is 2.74. The molecular weight excluding hydrogens is 352 g/mol. The number of nitriles is 1. The Kier molecular flexibility index (Phi) is 5.73.